The maximum Gasteiger partial charge on any atom is 0.230 e. The lowest BCUT2D eigenvalue weighted by molar-refractivity contribution is -0.118. The van der Waals surface area contributed by atoms with Crippen molar-refractivity contribution in [3.05, 3.63) is 46.5 Å². The summed E-state index contributed by atoms with van der Waals surface area (Å²) in [6.07, 6.45) is 8.45. The average Bonchev–Trinajstić information content (AvgIpc) is 2.47. The van der Waals surface area contributed by atoms with Gasteiger partial charge in [-0.25, -0.2) is 0 Å². The highest BCUT2D eigenvalue weighted by molar-refractivity contribution is 7.99. The van der Waals surface area contributed by atoms with Gasteiger partial charge < -0.3 is 5.32 Å². The first kappa shape index (κ1) is 17.1. The number of thioether (sulfide) groups is 1. The van der Waals surface area contributed by atoms with Crippen LogP contribution in [0.1, 0.15) is 48.8 Å². The molecule has 3 heteroatoms. The second kappa shape index (κ2) is 9.04. The van der Waals surface area contributed by atoms with E-state index >= 15 is 0 Å². The van der Waals surface area contributed by atoms with Crippen LogP contribution in [0.25, 0.3) is 0 Å². The molecular weight excluding hydrogens is 290 g/mol. The molecule has 1 amide bonds. The van der Waals surface area contributed by atoms with Crippen LogP contribution in [-0.2, 0) is 10.5 Å². The first-order valence-corrected chi connectivity index (χ1v) is 9.38. The molecule has 1 N–H and O–H groups in total. The van der Waals surface area contributed by atoms with Gasteiger partial charge in [0.25, 0.3) is 0 Å². The zero-order valence-electron chi connectivity index (χ0n) is 13.8. The van der Waals surface area contributed by atoms with Crippen molar-refractivity contribution in [2.75, 3.05) is 12.3 Å². The monoisotopic (exact) mass is 317 g/mol. The highest BCUT2D eigenvalue weighted by Crippen LogP contribution is 2.19. The third-order valence-corrected chi connectivity index (χ3v) is 4.94. The first-order chi connectivity index (χ1) is 10.6. The Morgan fingerprint density at radius 2 is 1.95 bits per heavy atom. The van der Waals surface area contributed by atoms with Crippen molar-refractivity contribution in [3.8, 4) is 0 Å². The van der Waals surface area contributed by atoms with Crippen LogP contribution in [-0.4, -0.2) is 18.2 Å². The number of carbonyl (C=O) groups is 1. The fraction of sp³-hybridized carbons (Fsp3) is 0.526. The lowest BCUT2D eigenvalue weighted by Gasteiger charge is -2.13. The molecule has 1 aromatic carbocycles. The SMILES string of the molecule is Cc1cc(C)cc(CSCC(=O)NCCC2=CCCCC2)c1. The normalized spacial score (nSPS) is 14.5. The number of nitrogens with one attached hydrogen (secondary N) is 1. The van der Waals surface area contributed by atoms with Crippen molar-refractivity contribution >= 4 is 17.7 Å². The summed E-state index contributed by atoms with van der Waals surface area (Å²) in [5, 5.41) is 3.04. The van der Waals surface area contributed by atoms with Crippen LogP contribution in [0.15, 0.2) is 29.8 Å². The Morgan fingerprint density at radius 1 is 1.18 bits per heavy atom. The van der Waals surface area contributed by atoms with E-state index in [9.17, 15) is 4.79 Å². The maximum atomic E-state index is 11.9. The van der Waals surface area contributed by atoms with Crippen molar-refractivity contribution in [2.24, 2.45) is 0 Å². The van der Waals surface area contributed by atoms with E-state index in [0.717, 1.165) is 18.7 Å². The Hall–Kier alpha value is -1.22. The molecule has 0 aromatic heterocycles. The van der Waals surface area contributed by atoms with Gasteiger partial charge in [0.15, 0.2) is 0 Å². The van der Waals surface area contributed by atoms with Crippen LogP contribution in [0.4, 0.5) is 0 Å². The molecule has 0 fully saturated rings. The number of benzene rings is 1. The zero-order chi connectivity index (χ0) is 15.8. The van der Waals surface area contributed by atoms with Crippen LogP contribution in [0.2, 0.25) is 0 Å². The minimum absolute atomic E-state index is 0.158. The molecule has 2 nitrogen and oxygen atoms in total. The molecule has 0 radical (unpaired) electrons. The smallest absolute Gasteiger partial charge is 0.230 e. The van der Waals surface area contributed by atoms with Gasteiger partial charge in [0.05, 0.1) is 5.75 Å². The number of hydrogen-bond donors (Lipinski definition) is 1. The number of amides is 1. The predicted octanol–water partition coefficient (Wildman–Crippen LogP) is 4.54. The van der Waals surface area contributed by atoms with Crippen LogP contribution in [0.5, 0.6) is 0 Å². The molecule has 2 rings (SSSR count). The molecule has 0 saturated carbocycles. The topological polar surface area (TPSA) is 29.1 Å². The highest BCUT2D eigenvalue weighted by atomic mass is 32.2. The van der Waals surface area contributed by atoms with E-state index in [1.807, 2.05) is 0 Å². The standard InChI is InChI=1S/C19H27NOS/c1-15-10-16(2)12-18(11-15)13-22-14-19(21)20-9-8-17-6-4-3-5-7-17/h6,10-12H,3-5,7-9,13-14H2,1-2H3,(H,20,21). The van der Waals surface area contributed by atoms with Crippen LogP contribution in [0, 0.1) is 13.8 Å². The van der Waals surface area contributed by atoms with Gasteiger partial charge in [0.1, 0.15) is 0 Å². The Balaban J connectivity index is 1.62. The molecular formula is C19H27NOS. The van der Waals surface area contributed by atoms with Crippen LogP contribution in [0.3, 0.4) is 0 Å². The Morgan fingerprint density at radius 3 is 2.64 bits per heavy atom. The number of aryl methyl sites for hydroxylation is 2. The van der Waals surface area contributed by atoms with Crippen molar-refractivity contribution in [1.82, 2.24) is 5.32 Å². The molecule has 22 heavy (non-hydrogen) atoms. The second-order valence-corrected chi connectivity index (χ2v) is 7.18. The molecule has 120 valence electrons. The summed E-state index contributed by atoms with van der Waals surface area (Å²) in [4.78, 5) is 11.9. The van der Waals surface area contributed by atoms with E-state index < -0.39 is 0 Å². The largest absolute Gasteiger partial charge is 0.355 e. The average molecular weight is 317 g/mol. The van der Waals surface area contributed by atoms with Crippen molar-refractivity contribution < 1.29 is 4.79 Å². The van der Waals surface area contributed by atoms with Gasteiger partial charge in [-0.05, 0) is 51.5 Å². The van der Waals surface area contributed by atoms with E-state index in [1.54, 1.807) is 11.8 Å². The summed E-state index contributed by atoms with van der Waals surface area (Å²) in [6, 6.07) is 6.59. The van der Waals surface area contributed by atoms with Crippen molar-refractivity contribution in [1.29, 1.82) is 0 Å². The summed E-state index contributed by atoms with van der Waals surface area (Å²) in [5.41, 5.74) is 5.42. The van der Waals surface area contributed by atoms with E-state index in [-0.39, 0.29) is 5.91 Å². The van der Waals surface area contributed by atoms with Gasteiger partial charge in [-0.15, -0.1) is 11.8 Å². The molecule has 1 aliphatic rings. The van der Waals surface area contributed by atoms with Crippen molar-refractivity contribution in [2.45, 2.75) is 51.7 Å². The van der Waals surface area contributed by atoms with E-state index in [1.165, 1.54) is 47.9 Å². The third-order valence-electron chi connectivity index (χ3n) is 3.94. The molecule has 1 aliphatic carbocycles. The third kappa shape index (κ3) is 6.27. The Bertz CT molecular complexity index is 516. The maximum absolute atomic E-state index is 11.9. The molecule has 0 atom stereocenters. The van der Waals surface area contributed by atoms with E-state index in [2.05, 4.69) is 43.4 Å². The molecule has 0 spiro atoms. The second-order valence-electron chi connectivity index (χ2n) is 6.20. The van der Waals surface area contributed by atoms with Gasteiger partial charge >= 0.3 is 0 Å². The Kier molecular flexibility index (Phi) is 7.04. The molecule has 0 aliphatic heterocycles. The van der Waals surface area contributed by atoms with Gasteiger partial charge in [0.2, 0.25) is 5.91 Å². The van der Waals surface area contributed by atoms with Gasteiger partial charge in [-0.3, -0.25) is 4.79 Å². The summed E-state index contributed by atoms with van der Waals surface area (Å²) < 4.78 is 0. The van der Waals surface area contributed by atoms with Gasteiger partial charge in [-0.1, -0.05) is 41.0 Å². The quantitative estimate of drug-likeness (QED) is 0.748. The summed E-state index contributed by atoms with van der Waals surface area (Å²) in [7, 11) is 0. The fourth-order valence-corrected chi connectivity index (χ4v) is 3.75. The first-order valence-electron chi connectivity index (χ1n) is 8.23. The van der Waals surface area contributed by atoms with Gasteiger partial charge in [-0.2, -0.15) is 0 Å². The predicted molar refractivity (Wildman–Crippen MR) is 96.3 cm³/mol. The molecule has 0 saturated heterocycles. The highest BCUT2D eigenvalue weighted by Gasteiger charge is 2.05. The molecule has 0 bridgehead atoms. The molecule has 0 unspecified atom stereocenters. The Labute approximate surface area is 138 Å². The van der Waals surface area contributed by atoms with Gasteiger partial charge in [0, 0.05) is 12.3 Å². The van der Waals surface area contributed by atoms with E-state index in [0.29, 0.717) is 5.75 Å². The number of carbonyl (C=O) groups excluding carboxylic acids is 1. The van der Waals surface area contributed by atoms with E-state index in [4.69, 9.17) is 0 Å². The minimum Gasteiger partial charge on any atom is -0.355 e. The molecule has 0 heterocycles. The van der Waals surface area contributed by atoms with Crippen LogP contribution < -0.4 is 5.32 Å². The van der Waals surface area contributed by atoms with Crippen molar-refractivity contribution in [3.63, 3.8) is 0 Å². The number of hydrogen-bond acceptors (Lipinski definition) is 2. The zero-order valence-corrected chi connectivity index (χ0v) is 14.6. The summed E-state index contributed by atoms with van der Waals surface area (Å²) >= 11 is 1.69. The molecule has 1 aromatic rings. The summed E-state index contributed by atoms with van der Waals surface area (Å²) in [5.74, 6) is 1.61. The minimum atomic E-state index is 0.158. The van der Waals surface area contributed by atoms with Crippen LogP contribution >= 0.6 is 11.8 Å². The lowest BCUT2D eigenvalue weighted by Crippen LogP contribution is -2.26. The number of allylic oxidation sites excluding steroid dienone is 1. The number of rotatable bonds is 7. The fourth-order valence-electron chi connectivity index (χ4n) is 2.96. The summed E-state index contributed by atoms with van der Waals surface area (Å²) in [6.45, 7) is 5.02. The lowest BCUT2D eigenvalue weighted by atomic mass is 9.97.